The van der Waals surface area contributed by atoms with Crippen molar-refractivity contribution in [3.8, 4) is 11.1 Å². The third-order valence-electron chi connectivity index (χ3n) is 5.50. The van der Waals surface area contributed by atoms with E-state index >= 15 is 0 Å². The molecule has 0 amide bonds. The molecule has 30 heavy (non-hydrogen) atoms. The number of hydrogen-bond donors (Lipinski definition) is 3. The molecule has 8 nitrogen and oxygen atoms in total. The summed E-state index contributed by atoms with van der Waals surface area (Å²) in [5, 5.41) is 14.7. The molecule has 1 aliphatic rings. The number of H-pyrrole nitrogens is 1. The highest BCUT2D eigenvalue weighted by Crippen LogP contribution is 2.24. The molecular weight excluding hydrogens is 376 g/mol. The average Bonchev–Trinajstić information content (AvgIpc) is 3.30. The second kappa shape index (κ2) is 8.08. The molecule has 1 aromatic carbocycles. The Morgan fingerprint density at radius 3 is 2.77 bits per heavy atom. The van der Waals surface area contributed by atoms with Gasteiger partial charge in [0, 0.05) is 47.3 Å². The van der Waals surface area contributed by atoms with Crippen LogP contribution in [-0.4, -0.2) is 56.2 Å². The van der Waals surface area contributed by atoms with Gasteiger partial charge in [0.15, 0.2) is 0 Å². The van der Waals surface area contributed by atoms with Crippen LogP contribution < -0.4 is 10.6 Å². The van der Waals surface area contributed by atoms with E-state index in [2.05, 4.69) is 42.7 Å². The monoisotopic (exact) mass is 400 g/mol. The summed E-state index contributed by atoms with van der Waals surface area (Å²) in [6.45, 7) is 2.22. The number of rotatable bonds is 5. The number of fused-ring (bicyclic) bond motifs is 1. The lowest BCUT2D eigenvalue weighted by molar-refractivity contribution is 0.263. The van der Waals surface area contributed by atoms with Gasteiger partial charge in [-0.1, -0.05) is 12.1 Å². The van der Waals surface area contributed by atoms with Crippen LogP contribution in [0.5, 0.6) is 0 Å². The fraction of sp³-hybridized carbons (Fsp3) is 0.273. The van der Waals surface area contributed by atoms with Gasteiger partial charge in [-0.05, 0) is 50.7 Å². The molecule has 0 radical (unpaired) electrons. The van der Waals surface area contributed by atoms with Gasteiger partial charge >= 0.3 is 0 Å². The minimum atomic E-state index is 0.460. The summed E-state index contributed by atoms with van der Waals surface area (Å²) < 4.78 is 0. The van der Waals surface area contributed by atoms with Gasteiger partial charge in [-0.3, -0.25) is 5.10 Å². The van der Waals surface area contributed by atoms with E-state index < -0.39 is 0 Å². The molecule has 3 N–H and O–H groups in total. The third kappa shape index (κ3) is 4.08. The van der Waals surface area contributed by atoms with E-state index in [0.29, 0.717) is 12.0 Å². The number of pyridine rings is 1. The first-order valence-corrected chi connectivity index (χ1v) is 10.2. The van der Waals surface area contributed by atoms with Crippen molar-refractivity contribution >= 4 is 28.4 Å². The Kier molecular flexibility index (Phi) is 4.98. The van der Waals surface area contributed by atoms with E-state index in [4.69, 9.17) is 4.98 Å². The minimum absolute atomic E-state index is 0.460. The fourth-order valence-electron chi connectivity index (χ4n) is 3.75. The number of piperidine rings is 1. The largest absolute Gasteiger partial charge is 0.367 e. The average molecular weight is 400 g/mol. The van der Waals surface area contributed by atoms with Gasteiger partial charge in [-0.15, -0.1) is 0 Å². The Labute approximate surface area is 174 Å². The van der Waals surface area contributed by atoms with Gasteiger partial charge in [-0.25, -0.2) is 15.0 Å². The van der Waals surface area contributed by atoms with Crippen molar-refractivity contribution in [1.82, 2.24) is 30.0 Å². The summed E-state index contributed by atoms with van der Waals surface area (Å²) in [6, 6.07) is 10.5. The zero-order valence-electron chi connectivity index (χ0n) is 16.8. The molecule has 3 aromatic heterocycles. The topological polar surface area (TPSA) is 94.7 Å². The van der Waals surface area contributed by atoms with E-state index in [1.807, 2.05) is 42.7 Å². The third-order valence-corrected chi connectivity index (χ3v) is 5.50. The molecule has 1 fully saturated rings. The van der Waals surface area contributed by atoms with Gasteiger partial charge < -0.3 is 15.5 Å². The molecule has 152 valence electrons. The Balaban J connectivity index is 1.33. The molecule has 4 heterocycles. The maximum atomic E-state index is 4.70. The molecule has 0 saturated carbocycles. The maximum absolute atomic E-state index is 4.70. The zero-order chi connectivity index (χ0) is 20.3. The number of aromatic amines is 1. The normalized spacial score (nSPS) is 15.4. The summed E-state index contributed by atoms with van der Waals surface area (Å²) in [6.07, 6.45) is 9.57. The van der Waals surface area contributed by atoms with E-state index in [-0.39, 0.29) is 0 Å². The SMILES string of the molecule is CN1CCC(Nc2cc(Nc3ncc4ccc(-c5cn[nH]c5)cc4n3)ccn2)CC1. The second-order valence-corrected chi connectivity index (χ2v) is 7.73. The van der Waals surface area contributed by atoms with Gasteiger partial charge in [-0.2, -0.15) is 5.10 Å². The number of aromatic nitrogens is 5. The van der Waals surface area contributed by atoms with Crippen molar-refractivity contribution in [2.24, 2.45) is 0 Å². The van der Waals surface area contributed by atoms with Crippen LogP contribution in [0.15, 0.2) is 55.1 Å². The predicted octanol–water partition coefficient (Wildman–Crippen LogP) is 3.66. The molecular formula is C22H24N8. The van der Waals surface area contributed by atoms with Crippen LogP contribution in [0.1, 0.15) is 12.8 Å². The van der Waals surface area contributed by atoms with Crippen LogP contribution in [0.4, 0.5) is 17.5 Å². The van der Waals surface area contributed by atoms with E-state index in [0.717, 1.165) is 59.5 Å². The first-order chi connectivity index (χ1) is 14.7. The fourth-order valence-corrected chi connectivity index (χ4v) is 3.75. The van der Waals surface area contributed by atoms with E-state index in [1.165, 1.54) is 0 Å². The standard InChI is InChI=1S/C22H24N8/c1-30-8-5-18(6-9-30)27-21-11-19(4-7-23-21)28-22-24-12-16-3-2-15(10-20(16)29-22)17-13-25-26-14-17/h2-4,7,10-14,18H,5-6,8-9H2,1H3,(H,25,26)(H2,23,24,27,28,29). The van der Waals surface area contributed by atoms with Crippen molar-refractivity contribution in [3.63, 3.8) is 0 Å². The lowest BCUT2D eigenvalue weighted by Crippen LogP contribution is -2.36. The highest BCUT2D eigenvalue weighted by atomic mass is 15.1. The van der Waals surface area contributed by atoms with E-state index in [1.54, 1.807) is 12.4 Å². The summed E-state index contributed by atoms with van der Waals surface area (Å²) in [4.78, 5) is 16.0. The summed E-state index contributed by atoms with van der Waals surface area (Å²) in [7, 11) is 2.17. The molecule has 1 aliphatic heterocycles. The number of likely N-dealkylation sites (tertiary alicyclic amines) is 1. The molecule has 0 unspecified atom stereocenters. The first-order valence-electron chi connectivity index (χ1n) is 10.2. The highest BCUT2D eigenvalue weighted by Gasteiger charge is 2.16. The quantitative estimate of drug-likeness (QED) is 0.470. The van der Waals surface area contributed by atoms with Crippen molar-refractivity contribution in [2.75, 3.05) is 30.8 Å². The maximum Gasteiger partial charge on any atom is 0.227 e. The van der Waals surface area contributed by atoms with Crippen LogP contribution >= 0.6 is 0 Å². The molecule has 0 atom stereocenters. The number of nitrogens with one attached hydrogen (secondary N) is 3. The van der Waals surface area contributed by atoms with Crippen LogP contribution in [0.3, 0.4) is 0 Å². The van der Waals surface area contributed by atoms with Gasteiger partial charge in [0.1, 0.15) is 5.82 Å². The number of benzene rings is 1. The van der Waals surface area contributed by atoms with E-state index in [9.17, 15) is 0 Å². The molecule has 4 aromatic rings. The Morgan fingerprint density at radius 2 is 1.93 bits per heavy atom. The van der Waals surface area contributed by atoms with Crippen LogP contribution in [0.25, 0.3) is 22.0 Å². The lowest BCUT2D eigenvalue weighted by Gasteiger charge is -2.29. The smallest absolute Gasteiger partial charge is 0.227 e. The van der Waals surface area contributed by atoms with Crippen molar-refractivity contribution in [2.45, 2.75) is 18.9 Å². The van der Waals surface area contributed by atoms with Crippen molar-refractivity contribution in [3.05, 3.63) is 55.1 Å². The molecule has 8 heteroatoms. The number of hydrogen-bond acceptors (Lipinski definition) is 7. The molecule has 0 aliphatic carbocycles. The summed E-state index contributed by atoms with van der Waals surface area (Å²) in [5.41, 5.74) is 3.88. The van der Waals surface area contributed by atoms with Crippen LogP contribution in [0.2, 0.25) is 0 Å². The molecule has 1 saturated heterocycles. The molecule has 0 spiro atoms. The van der Waals surface area contributed by atoms with Crippen molar-refractivity contribution < 1.29 is 0 Å². The van der Waals surface area contributed by atoms with Crippen LogP contribution in [-0.2, 0) is 0 Å². The lowest BCUT2D eigenvalue weighted by atomic mass is 10.1. The molecule has 0 bridgehead atoms. The first kappa shape index (κ1) is 18.5. The number of nitrogens with zero attached hydrogens (tertiary/aromatic N) is 5. The van der Waals surface area contributed by atoms with Crippen molar-refractivity contribution in [1.29, 1.82) is 0 Å². The highest BCUT2D eigenvalue weighted by molar-refractivity contribution is 5.84. The second-order valence-electron chi connectivity index (χ2n) is 7.73. The zero-order valence-corrected chi connectivity index (χ0v) is 16.8. The van der Waals surface area contributed by atoms with Crippen LogP contribution in [0, 0.1) is 0 Å². The summed E-state index contributed by atoms with van der Waals surface area (Å²) in [5.74, 6) is 1.43. The van der Waals surface area contributed by atoms with Gasteiger partial charge in [0.05, 0.1) is 11.7 Å². The Hall–Kier alpha value is -3.52. The Bertz CT molecular complexity index is 1130. The van der Waals surface area contributed by atoms with Gasteiger partial charge in [0.25, 0.3) is 0 Å². The Morgan fingerprint density at radius 1 is 1.03 bits per heavy atom. The minimum Gasteiger partial charge on any atom is -0.367 e. The summed E-state index contributed by atoms with van der Waals surface area (Å²) >= 11 is 0. The van der Waals surface area contributed by atoms with Gasteiger partial charge in [0.2, 0.25) is 5.95 Å². The predicted molar refractivity (Wildman–Crippen MR) is 119 cm³/mol. The number of anilines is 3. The molecule has 5 rings (SSSR count).